The third-order valence-corrected chi connectivity index (χ3v) is 7.38. The molecule has 10 heteroatoms. The minimum absolute atomic E-state index is 0.132. The van der Waals surface area contributed by atoms with Crippen molar-refractivity contribution in [2.24, 2.45) is 5.92 Å². The number of rotatable bonds is 7. The molecule has 1 heterocycles. The lowest BCUT2D eigenvalue weighted by atomic mass is 9.88. The highest BCUT2D eigenvalue weighted by Crippen LogP contribution is 2.37. The molecule has 0 aliphatic carbocycles. The van der Waals surface area contributed by atoms with Gasteiger partial charge in [0.25, 0.3) is 10.0 Å². The normalized spacial score (nSPS) is 14.8. The van der Waals surface area contributed by atoms with Crippen LogP contribution in [0.5, 0.6) is 0 Å². The van der Waals surface area contributed by atoms with Crippen molar-refractivity contribution in [3.63, 3.8) is 0 Å². The number of hydrogen-bond donors (Lipinski definition) is 1. The molecule has 0 saturated carbocycles. The number of sulfonamides is 1. The Morgan fingerprint density at radius 3 is 2.27 bits per heavy atom. The van der Waals surface area contributed by atoms with Gasteiger partial charge in [-0.05, 0) is 35.6 Å². The zero-order valence-electron chi connectivity index (χ0n) is 13.5. The van der Waals surface area contributed by atoms with Gasteiger partial charge in [0.15, 0.2) is 5.78 Å². The van der Waals surface area contributed by atoms with Gasteiger partial charge in [0.05, 0.1) is 6.04 Å². The quantitative estimate of drug-likeness (QED) is 0.547. The molecule has 0 radical (unpaired) electrons. The van der Waals surface area contributed by atoms with Crippen LogP contribution in [0.15, 0.2) is 46.0 Å². The van der Waals surface area contributed by atoms with Crippen LogP contribution in [-0.2, 0) is 14.8 Å². The van der Waals surface area contributed by atoms with E-state index in [0.717, 1.165) is 11.3 Å². The van der Waals surface area contributed by atoms with Crippen LogP contribution in [0.25, 0.3) is 0 Å². The molecule has 1 N–H and O–H groups in total. The van der Waals surface area contributed by atoms with E-state index in [1.165, 1.54) is 6.07 Å². The molecule has 2 atom stereocenters. The number of benzene rings is 1. The van der Waals surface area contributed by atoms with Gasteiger partial charge in [0.2, 0.25) is 3.79 Å². The number of carbonyl (C=O) groups excluding carboxylic acids is 1. The molecule has 0 bridgehead atoms. The molecule has 0 aliphatic rings. The summed E-state index contributed by atoms with van der Waals surface area (Å²) >= 11 is 24.3. The minimum atomic E-state index is -3.85. The smallest absolute Gasteiger partial charge is 0.250 e. The summed E-state index contributed by atoms with van der Waals surface area (Å²) in [5, 5.41) is 2.13. The average Bonchev–Trinajstić information content (AvgIpc) is 3.09. The zero-order valence-corrected chi connectivity index (χ0v) is 18.1. The number of thiophene rings is 1. The van der Waals surface area contributed by atoms with Gasteiger partial charge in [-0.2, -0.15) is 0 Å². The Morgan fingerprint density at radius 2 is 1.81 bits per heavy atom. The van der Waals surface area contributed by atoms with Crippen LogP contribution >= 0.6 is 57.7 Å². The molecule has 2 aromatic rings. The predicted molar refractivity (Wildman–Crippen MR) is 108 cm³/mol. The van der Waals surface area contributed by atoms with Crippen molar-refractivity contribution in [1.82, 2.24) is 4.72 Å². The first-order chi connectivity index (χ1) is 12.1. The standard InChI is InChI=1S/C16H15Cl4NO3S2/c1-2-12(15(22)16(18,19)20)14(10-5-7-11(17)8-6-10)21-26(23,24)13-4-3-9-25-13/h3-9,12,14,21H,2H2,1H3/t12-,14+/m0/s1. The fourth-order valence-corrected chi connectivity index (χ4v) is 5.30. The molecule has 0 amide bonds. The fraction of sp³-hybridized carbons (Fsp3) is 0.312. The van der Waals surface area contributed by atoms with Crippen LogP contribution < -0.4 is 4.72 Å². The zero-order chi connectivity index (χ0) is 19.5. The molecule has 0 saturated heterocycles. The maximum absolute atomic E-state index is 12.7. The van der Waals surface area contributed by atoms with Gasteiger partial charge >= 0.3 is 0 Å². The van der Waals surface area contributed by atoms with E-state index in [1.54, 1.807) is 42.6 Å². The SMILES string of the molecule is CC[C@H](C(=O)C(Cl)(Cl)Cl)[C@H](NS(=O)(=O)c1cccs1)c1ccc(Cl)cc1. The van der Waals surface area contributed by atoms with Crippen LogP contribution in [0.1, 0.15) is 24.9 Å². The first-order valence-corrected chi connectivity index (χ1v) is 11.4. The van der Waals surface area contributed by atoms with Gasteiger partial charge in [-0.1, -0.05) is 71.5 Å². The van der Waals surface area contributed by atoms with Gasteiger partial charge in [-0.25, -0.2) is 13.1 Å². The van der Waals surface area contributed by atoms with Gasteiger partial charge in [0.1, 0.15) is 4.21 Å². The highest BCUT2D eigenvalue weighted by molar-refractivity contribution is 7.91. The Hall–Kier alpha value is -0.340. The first kappa shape index (κ1) is 22.0. The van der Waals surface area contributed by atoms with Gasteiger partial charge in [-0.15, -0.1) is 11.3 Å². The molecule has 0 fully saturated rings. The van der Waals surface area contributed by atoms with Crippen molar-refractivity contribution in [3.8, 4) is 0 Å². The first-order valence-electron chi connectivity index (χ1n) is 7.48. The van der Waals surface area contributed by atoms with Crippen molar-refractivity contribution < 1.29 is 13.2 Å². The van der Waals surface area contributed by atoms with Crippen molar-refractivity contribution in [2.75, 3.05) is 0 Å². The van der Waals surface area contributed by atoms with E-state index < -0.39 is 31.6 Å². The number of carbonyl (C=O) groups is 1. The van der Waals surface area contributed by atoms with Crippen LogP contribution in [0.4, 0.5) is 0 Å². The molecule has 0 spiro atoms. The number of alkyl halides is 3. The number of nitrogens with one attached hydrogen (secondary N) is 1. The third-order valence-electron chi connectivity index (χ3n) is 3.73. The maximum Gasteiger partial charge on any atom is 0.250 e. The van der Waals surface area contributed by atoms with Crippen LogP contribution in [0.2, 0.25) is 5.02 Å². The summed E-state index contributed by atoms with van der Waals surface area (Å²) in [5.74, 6) is -1.56. The third kappa shape index (κ3) is 5.35. The highest BCUT2D eigenvalue weighted by Gasteiger charge is 2.41. The number of Topliss-reactive ketones (excluding diaryl/α,β-unsaturated/α-hetero) is 1. The summed E-state index contributed by atoms with van der Waals surface area (Å²) in [6, 6.07) is 8.68. The number of halogens is 4. The molecule has 0 unspecified atom stereocenters. The van der Waals surface area contributed by atoms with E-state index in [0.29, 0.717) is 10.6 Å². The molecule has 2 rings (SSSR count). The molecule has 1 aromatic carbocycles. The topological polar surface area (TPSA) is 63.2 Å². The summed E-state index contributed by atoms with van der Waals surface area (Å²) in [5.41, 5.74) is 0.545. The highest BCUT2D eigenvalue weighted by atomic mass is 35.6. The second-order valence-electron chi connectivity index (χ2n) is 5.46. The average molecular weight is 475 g/mol. The summed E-state index contributed by atoms with van der Waals surface area (Å²) in [7, 11) is -3.85. The number of ketones is 1. The summed E-state index contributed by atoms with van der Waals surface area (Å²) in [4.78, 5) is 12.6. The lowest BCUT2D eigenvalue weighted by Gasteiger charge is -2.28. The Labute approximate surface area is 176 Å². The Bertz CT molecular complexity index is 847. The fourth-order valence-electron chi connectivity index (χ4n) is 2.48. The van der Waals surface area contributed by atoms with Crippen molar-refractivity contribution in [2.45, 2.75) is 27.4 Å². The van der Waals surface area contributed by atoms with E-state index in [9.17, 15) is 13.2 Å². The molecule has 142 valence electrons. The Kier molecular flexibility index (Phi) is 7.41. The van der Waals surface area contributed by atoms with Crippen molar-refractivity contribution >= 4 is 73.5 Å². The van der Waals surface area contributed by atoms with Crippen LogP contribution in [-0.4, -0.2) is 18.0 Å². The maximum atomic E-state index is 12.7. The Morgan fingerprint density at radius 1 is 1.19 bits per heavy atom. The predicted octanol–water partition coefficient (Wildman–Crippen LogP) is 5.39. The monoisotopic (exact) mass is 473 g/mol. The van der Waals surface area contributed by atoms with E-state index in [4.69, 9.17) is 46.4 Å². The molecule has 26 heavy (non-hydrogen) atoms. The van der Waals surface area contributed by atoms with E-state index in [2.05, 4.69) is 4.72 Å². The second-order valence-corrected chi connectivity index (χ2v) is 11.1. The molecule has 1 aromatic heterocycles. The molecule has 0 aliphatic heterocycles. The van der Waals surface area contributed by atoms with Crippen molar-refractivity contribution in [3.05, 3.63) is 52.4 Å². The van der Waals surface area contributed by atoms with E-state index in [-0.39, 0.29) is 10.6 Å². The lowest BCUT2D eigenvalue weighted by Crippen LogP contribution is -2.40. The van der Waals surface area contributed by atoms with Crippen LogP contribution in [0, 0.1) is 5.92 Å². The number of hydrogen-bond acceptors (Lipinski definition) is 4. The van der Waals surface area contributed by atoms with Crippen LogP contribution in [0.3, 0.4) is 0 Å². The summed E-state index contributed by atoms with van der Waals surface area (Å²) in [6.45, 7) is 1.72. The largest absolute Gasteiger partial charge is 0.294 e. The second kappa shape index (κ2) is 8.78. The summed E-state index contributed by atoms with van der Waals surface area (Å²) < 4.78 is 26.0. The van der Waals surface area contributed by atoms with E-state index >= 15 is 0 Å². The molecule has 4 nitrogen and oxygen atoms in total. The Balaban J connectivity index is 2.48. The molecular formula is C16H15Cl4NO3S2. The summed E-state index contributed by atoms with van der Waals surface area (Å²) in [6.07, 6.45) is 0.271. The van der Waals surface area contributed by atoms with Gasteiger partial charge < -0.3 is 0 Å². The molecular weight excluding hydrogens is 460 g/mol. The van der Waals surface area contributed by atoms with E-state index in [1.807, 2.05) is 0 Å². The lowest BCUT2D eigenvalue weighted by molar-refractivity contribution is -0.122. The van der Waals surface area contributed by atoms with Crippen molar-refractivity contribution in [1.29, 1.82) is 0 Å². The minimum Gasteiger partial charge on any atom is -0.294 e. The van der Waals surface area contributed by atoms with Gasteiger partial charge in [0, 0.05) is 10.9 Å². The van der Waals surface area contributed by atoms with Gasteiger partial charge in [-0.3, -0.25) is 4.79 Å².